The number of hydrogen-bond donors (Lipinski definition) is 3. The Balaban J connectivity index is 2.14. The Morgan fingerprint density at radius 1 is 1.52 bits per heavy atom. The lowest BCUT2D eigenvalue weighted by Gasteiger charge is -2.17. The monoisotopic (exact) mass is 379 g/mol. The molecule has 2 rings (SSSR count). The van der Waals surface area contributed by atoms with Crippen molar-refractivity contribution < 1.29 is 19.4 Å². The fourth-order valence-electron chi connectivity index (χ4n) is 2.52. The van der Waals surface area contributed by atoms with Gasteiger partial charge < -0.3 is 19.9 Å². The highest BCUT2D eigenvalue weighted by atomic mass is 16.6. The van der Waals surface area contributed by atoms with Gasteiger partial charge in [-0.3, -0.25) is 19.1 Å². The minimum Gasteiger partial charge on any atom is -0.390 e. The summed E-state index contributed by atoms with van der Waals surface area (Å²) >= 11 is 0. The summed E-state index contributed by atoms with van der Waals surface area (Å²) in [5, 5.41) is 12.7. The number of ether oxygens (including phenoxy) is 2. The van der Waals surface area contributed by atoms with Crippen LogP contribution in [0.5, 0.6) is 0 Å². The zero-order valence-corrected chi connectivity index (χ0v) is 15.7. The smallest absolute Gasteiger partial charge is 0.330 e. The van der Waals surface area contributed by atoms with Gasteiger partial charge in [0.05, 0.1) is 25.4 Å². The Hall–Kier alpha value is -2.41. The standard InChI is InChI=1S/C18H25N3O6/c1-4-15(23)19-7-5-6-12-9-21(18(25)20-17(12)24)16-8-13(22)14(27-16)10-26-11(2)3/h9,11,13-14,16,22H,4,7-8,10H2,1-3H3,(H,19,23)(H,20,24,25)/t13?,14-,16-/m1/s1. The van der Waals surface area contributed by atoms with Crippen LogP contribution in [0.4, 0.5) is 0 Å². The summed E-state index contributed by atoms with van der Waals surface area (Å²) in [6.45, 7) is 5.77. The molecular formula is C18H25N3O6. The predicted molar refractivity (Wildman–Crippen MR) is 97.1 cm³/mol. The summed E-state index contributed by atoms with van der Waals surface area (Å²) in [6.07, 6.45) is -0.246. The molecule has 9 nitrogen and oxygen atoms in total. The third-order valence-corrected chi connectivity index (χ3v) is 3.99. The normalized spacial score (nSPS) is 21.7. The van der Waals surface area contributed by atoms with Crippen LogP contribution in [0, 0.1) is 11.8 Å². The topological polar surface area (TPSA) is 123 Å². The lowest BCUT2D eigenvalue weighted by atomic mass is 10.2. The maximum atomic E-state index is 12.1. The molecule has 1 aliphatic heterocycles. The van der Waals surface area contributed by atoms with Crippen molar-refractivity contribution in [2.75, 3.05) is 13.2 Å². The second-order valence-corrected chi connectivity index (χ2v) is 6.46. The van der Waals surface area contributed by atoms with E-state index in [0.29, 0.717) is 6.42 Å². The molecule has 1 saturated heterocycles. The molecule has 3 N–H and O–H groups in total. The van der Waals surface area contributed by atoms with Gasteiger partial charge in [-0.25, -0.2) is 4.79 Å². The Bertz CT molecular complexity index is 832. The van der Waals surface area contributed by atoms with E-state index in [9.17, 15) is 19.5 Å². The van der Waals surface area contributed by atoms with Crippen molar-refractivity contribution >= 4 is 5.91 Å². The van der Waals surface area contributed by atoms with Gasteiger partial charge in [0.25, 0.3) is 5.56 Å². The van der Waals surface area contributed by atoms with Crippen LogP contribution in [0.1, 0.15) is 45.4 Å². The van der Waals surface area contributed by atoms with Crippen molar-refractivity contribution in [3.8, 4) is 11.8 Å². The van der Waals surface area contributed by atoms with E-state index in [0.717, 1.165) is 0 Å². The number of carbonyl (C=O) groups is 1. The molecule has 2 heterocycles. The van der Waals surface area contributed by atoms with Crippen LogP contribution in [-0.2, 0) is 14.3 Å². The Labute approximate surface area is 156 Å². The second kappa shape index (κ2) is 9.50. The zero-order chi connectivity index (χ0) is 20.0. The number of aliphatic hydroxyl groups is 1. The summed E-state index contributed by atoms with van der Waals surface area (Å²) in [6, 6.07) is 0. The third kappa shape index (κ3) is 5.79. The lowest BCUT2D eigenvalue weighted by molar-refractivity contribution is -0.120. The van der Waals surface area contributed by atoms with Gasteiger partial charge >= 0.3 is 5.69 Å². The van der Waals surface area contributed by atoms with Crippen molar-refractivity contribution in [2.45, 2.75) is 58.2 Å². The summed E-state index contributed by atoms with van der Waals surface area (Å²) in [5.41, 5.74) is -1.20. The number of rotatable bonds is 6. The van der Waals surface area contributed by atoms with Gasteiger partial charge in [-0.2, -0.15) is 0 Å². The average Bonchev–Trinajstić information content (AvgIpc) is 2.98. The van der Waals surface area contributed by atoms with E-state index >= 15 is 0 Å². The molecule has 9 heteroatoms. The average molecular weight is 379 g/mol. The van der Waals surface area contributed by atoms with E-state index in [-0.39, 0.29) is 37.1 Å². The first-order chi connectivity index (χ1) is 12.8. The van der Waals surface area contributed by atoms with E-state index < -0.39 is 29.7 Å². The number of nitrogens with zero attached hydrogens (tertiary/aromatic N) is 1. The highest BCUT2D eigenvalue weighted by Crippen LogP contribution is 2.27. The number of H-pyrrole nitrogens is 1. The van der Waals surface area contributed by atoms with Crippen LogP contribution in [0.25, 0.3) is 0 Å². The highest BCUT2D eigenvalue weighted by molar-refractivity contribution is 5.75. The molecule has 0 bridgehead atoms. The Morgan fingerprint density at radius 2 is 2.26 bits per heavy atom. The molecule has 0 spiro atoms. The first kappa shape index (κ1) is 20.9. The lowest BCUT2D eigenvalue weighted by Crippen LogP contribution is -2.34. The van der Waals surface area contributed by atoms with Gasteiger partial charge in [0.15, 0.2) is 0 Å². The van der Waals surface area contributed by atoms with E-state index in [1.54, 1.807) is 6.92 Å². The molecule has 3 atom stereocenters. The van der Waals surface area contributed by atoms with Gasteiger partial charge in [-0.15, -0.1) is 0 Å². The molecule has 0 saturated carbocycles. The fraction of sp³-hybridized carbons (Fsp3) is 0.611. The molecule has 0 aliphatic carbocycles. The maximum absolute atomic E-state index is 12.1. The minimum absolute atomic E-state index is 0.00858. The fourth-order valence-corrected chi connectivity index (χ4v) is 2.52. The van der Waals surface area contributed by atoms with Gasteiger partial charge in [-0.05, 0) is 13.8 Å². The van der Waals surface area contributed by atoms with Crippen molar-refractivity contribution in [2.24, 2.45) is 0 Å². The predicted octanol–water partition coefficient (Wildman–Crippen LogP) is -0.512. The SMILES string of the molecule is CCC(=O)NCC#Cc1cn([C@H]2CC(O)[C@@H](COC(C)C)O2)c(=O)[nH]c1=O. The van der Waals surface area contributed by atoms with Gasteiger partial charge in [0.1, 0.15) is 17.9 Å². The van der Waals surface area contributed by atoms with E-state index in [2.05, 4.69) is 22.1 Å². The van der Waals surface area contributed by atoms with Crippen LogP contribution < -0.4 is 16.6 Å². The molecule has 1 amide bonds. The molecule has 27 heavy (non-hydrogen) atoms. The van der Waals surface area contributed by atoms with Gasteiger partial charge in [0.2, 0.25) is 5.91 Å². The van der Waals surface area contributed by atoms with Crippen molar-refractivity contribution in [3.63, 3.8) is 0 Å². The van der Waals surface area contributed by atoms with Crippen molar-refractivity contribution in [3.05, 3.63) is 32.6 Å². The number of nitrogens with one attached hydrogen (secondary N) is 2. The number of aliphatic hydroxyl groups excluding tert-OH is 1. The van der Waals surface area contributed by atoms with E-state index in [1.165, 1.54) is 10.8 Å². The second-order valence-electron chi connectivity index (χ2n) is 6.46. The number of carbonyl (C=O) groups excluding carboxylic acids is 1. The third-order valence-electron chi connectivity index (χ3n) is 3.99. The minimum atomic E-state index is -0.786. The van der Waals surface area contributed by atoms with Crippen LogP contribution in [0.15, 0.2) is 15.8 Å². The summed E-state index contributed by atoms with van der Waals surface area (Å²) in [4.78, 5) is 37.4. The van der Waals surface area contributed by atoms with Crippen LogP contribution in [-0.4, -0.2) is 52.0 Å². The Morgan fingerprint density at radius 3 is 2.93 bits per heavy atom. The largest absolute Gasteiger partial charge is 0.390 e. The molecule has 0 aromatic carbocycles. The van der Waals surface area contributed by atoms with Crippen molar-refractivity contribution in [1.82, 2.24) is 14.9 Å². The number of hydrogen-bond acceptors (Lipinski definition) is 6. The van der Waals surface area contributed by atoms with Gasteiger partial charge in [0, 0.05) is 19.0 Å². The van der Waals surface area contributed by atoms with Crippen LogP contribution in [0.3, 0.4) is 0 Å². The molecule has 1 unspecified atom stereocenters. The molecular weight excluding hydrogens is 354 g/mol. The molecule has 1 fully saturated rings. The number of aromatic amines is 1. The summed E-state index contributed by atoms with van der Waals surface area (Å²) in [5.74, 6) is 5.16. The molecule has 1 aromatic rings. The molecule has 148 valence electrons. The number of aromatic nitrogens is 2. The van der Waals surface area contributed by atoms with Crippen molar-refractivity contribution in [1.29, 1.82) is 0 Å². The number of amides is 1. The Kier molecular flexibility index (Phi) is 7.36. The first-order valence-electron chi connectivity index (χ1n) is 8.88. The summed E-state index contributed by atoms with van der Waals surface area (Å²) < 4.78 is 12.4. The maximum Gasteiger partial charge on any atom is 0.330 e. The quantitative estimate of drug-likeness (QED) is 0.572. The van der Waals surface area contributed by atoms with Crippen LogP contribution >= 0.6 is 0 Å². The molecule has 1 aromatic heterocycles. The molecule has 1 aliphatic rings. The van der Waals surface area contributed by atoms with E-state index in [4.69, 9.17) is 9.47 Å². The first-order valence-corrected chi connectivity index (χ1v) is 8.88. The van der Waals surface area contributed by atoms with Crippen LogP contribution in [0.2, 0.25) is 0 Å². The molecule has 0 radical (unpaired) electrons. The zero-order valence-electron chi connectivity index (χ0n) is 15.7. The highest BCUT2D eigenvalue weighted by Gasteiger charge is 2.35. The van der Waals surface area contributed by atoms with E-state index in [1.807, 2.05) is 13.8 Å². The van der Waals surface area contributed by atoms with Gasteiger partial charge in [-0.1, -0.05) is 18.8 Å². The summed E-state index contributed by atoms with van der Waals surface area (Å²) in [7, 11) is 0.